The number of carbonyl (C=O) groups excluding carboxylic acids is 1. The number of aliphatic imine (C=N–C) groups is 1. The standard InChI is InChI=1S/C20H19N3O2S/c1-3-17-13-26-20(22-16-7-9-18(25-2)10-8-16)23(17)19(24)15-6-4-5-14(11-15)12-21/h4-11,17H,3,13H2,1-2H3/t17-/m1/s1. The van der Waals surface area contributed by atoms with E-state index in [1.807, 2.05) is 24.3 Å². The molecule has 6 heteroatoms. The molecule has 0 spiro atoms. The first-order valence-corrected chi connectivity index (χ1v) is 9.34. The maximum absolute atomic E-state index is 13.1. The van der Waals surface area contributed by atoms with Crippen LogP contribution in [0.5, 0.6) is 5.75 Å². The fraction of sp³-hybridized carbons (Fsp3) is 0.250. The van der Waals surface area contributed by atoms with E-state index in [2.05, 4.69) is 18.0 Å². The lowest BCUT2D eigenvalue weighted by atomic mass is 10.1. The van der Waals surface area contributed by atoms with Gasteiger partial charge in [0.25, 0.3) is 5.91 Å². The maximum atomic E-state index is 13.1. The molecule has 132 valence electrons. The van der Waals surface area contributed by atoms with Crippen molar-refractivity contribution < 1.29 is 9.53 Å². The van der Waals surface area contributed by atoms with Crippen LogP contribution in [-0.4, -0.2) is 34.9 Å². The fourth-order valence-electron chi connectivity index (χ4n) is 2.74. The van der Waals surface area contributed by atoms with E-state index in [0.717, 1.165) is 23.6 Å². The average Bonchev–Trinajstić information content (AvgIpc) is 3.10. The van der Waals surface area contributed by atoms with Gasteiger partial charge >= 0.3 is 0 Å². The van der Waals surface area contributed by atoms with Crippen molar-refractivity contribution in [2.75, 3.05) is 12.9 Å². The zero-order chi connectivity index (χ0) is 18.5. The van der Waals surface area contributed by atoms with E-state index in [-0.39, 0.29) is 11.9 Å². The van der Waals surface area contributed by atoms with Crippen molar-refractivity contribution in [3.63, 3.8) is 0 Å². The molecule has 1 fully saturated rings. The van der Waals surface area contributed by atoms with Gasteiger partial charge in [0, 0.05) is 17.4 Å². The van der Waals surface area contributed by atoms with Gasteiger partial charge in [-0.25, -0.2) is 4.99 Å². The average molecular weight is 365 g/mol. The summed E-state index contributed by atoms with van der Waals surface area (Å²) in [6.45, 7) is 2.06. The number of ether oxygens (including phenoxy) is 1. The number of nitriles is 1. The van der Waals surface area contributed by atoms with Crippen LogP contribution < -0.4 is 4.74 Å². The molecule has 0 aliphatic carbocycles. The van der Waals surface area contributed by atoms with Gasteiger partial charge in [-0.1, -0.05) is 24.8 Å². The Balaban J connectivity index is 1.93. The topological polar surface area (TPSA) is 65.7 Å². The van der Waals surface area contributed by atoms with Crippen LogP contribution in [0.3, 0.4) is 0 Å². The van der Waals surface area contributed by atoms with E-state index in [1.165, 1.54) is 0 Å². The molecule has 0 aromatic heterocycles. The van der Waals surface area contributed by atoms with E-state index < -0.39 is 0 Å². The molecule has 0 radical (unpaired) electrons. The van der Waals surface area contributed by atoms with E-state index in [9.17, 15) is 4.79 Å². The number of hydrogen-bond acceptors (Lipinski definition) is 5. The van der Waals surface area contributed by atoms with Gasteiger partial charge in [0.1, 0.15) is 5.75 Å². The molecule has 0 unspecified atom stereocenters. The van der Waals surface area contributed by atoms with Gasteiger partial charge in [-0.2, -0.15) is 5.26 Å². The number of thioether (sulfide) groups is 1. The van der Waals surface area contributed by atoms with Crippen molar-refractivity contribution in [2.24, 2.45) is 4.99 Å². The monoisotopic (exact) mass is 365 g/mol. The minimum Gasteiger partial charge on any atom is -0.497 e. The van der Waals surface area contributed by atoms with Crippen molar-refractivity contribution in [1.82, 2.24) is 4.90 Å². The van der Waals surface area contributed by atoms with Crippen LogP contribution in [0.15, 0.2) is 53.5 Å². The quantitative estimate of drug-likeness (QED) is 0.813. The molecule has 0 N–H and O–H groups in total. The van der Waals surface area contributed by atoms with Crippen LogP contribution in [0, 0.1) is 11.3 Å². The molecule has 0 bridgehead atoms. The molecule has 1 amide bonds. The Bertz CT molecular complexity index is 871. The van der Waals surface area contributed by atoms with Crippen molar-refractivity contribution in [3.8, 4) is 11.8 Å². The predicted molar refractivity (Wildman–Crippen MR) is 104 cm³/mol. The van der Waals surface area contributed by atoms with E-state index >= 15 is 0 Å². The molecule has 3 rings (SSSR count). The minimum absolute atomic E-state index is 0.0928. The second-order valence-electron chi connectivity index (χ2n) is 5.83. The number of amidine groups is 1. The Morgan fingerprint density at radius 2 is 2.12 bits per heavy atom. The van der Waals surface area contributed by atoms with Crippen LogP contribution in [0.25, 0.3) is 0 Å². The molecule has 26 heavy (non-hydrogen) atoms. The van der Waals surface area contributed by atoms with Crippen molar-refractivity contribution in [3.05, 3.63) is 59.7 Å². The molecule has 0 saturated carbocycles. The lowest BCUT2D eigenvalue weighted by Gasteiger charge is -2.23. The van der Waals surface area contributed by atoms with Crippen LogP contribution >= 0.6 is 11.8 Å². The molecule has 1 heterocycles. The van der Waals surface area contributed by atoms with Gasteiger partial charge in [0.2, 0.25) is 0 Å². The zero-order valence-corrected chi connectivity index (χ0v) is 15.5. The minimum atomic E-state index is -0.119. The molecule has 1 aliphatic rings. The summed E-state index contributed by atoms with van der Waals surface area (Å²) in [5.74, 6) is 1.46. The summed E-state index contributed by atoms with van der Waals surface area (Å²) in [5.41, 5.74) is 1.76. The lowest BCUT2D eigenvalue weighted by Crippen LogP contribution is -2.39. The highest BCUT2D eigenvalue weighted by Gasteiger charge is 2.34. The smallest absolute Gasteiger partial charge is 0.260 e. The number of carbonyl (C=O) groups is 1. The second kappa shape index (κ2) is 8.07. The Morgan fingerprint density at radius 1 is 1.35 bits per heavy atom. The first kappa shape index (κ1) is 18.0. The number of benzene rings is 2. The summed E-state index contributed by atoms with van der Waals surface area (Å²) in [4.78, 5) is 19.5. The van der Waals surface area contributed by atoms with E-state index in [4.69, 9.17) is 10.00 Å². The first-order valence-electron chi connectivity index (χ1n) is 8.35. The van der Waals surface area contributed by atoms with Crippen molar-refractivity contribution >= 4 is 28.5 Å². The zero-order valence-electron chi connectivity index (χ0n) is 14.7. The SMILES string of the molecule is CC[C@@H]1CSC(=Nc2ccc(OC)cc2)N1C(=O)c1cccc(C#N)c1. The van der Waals surface area contributed by atoms with E-state index in [0.29, 0.717) is 16.3 Å². The van der Waals surface area contributed by atoms with Crippen LogP contribution in [0.2, 0.25) is 0 Å². The summed E-state index contributed by atoms with van der Waals surface area (Å²) in [7, 11) is 1.62. The summed E-state index contributed by atoms with van der Waals surface area (Å²) >= 11 is 1.58. The Labute approximate surface area is 157 Å². The summed E-state index contributed by atoms with van der Waals surface area (Å²) in [6.07, 6.45) is 0.846. The Kier molecular flexibility index (Phi) is 5.59. The number of hydrogen-bond donors (Lipinski definition) is 0. The number of rotatable bonds is 4. The molecular formula is C20H19N3O2S. The molecular weight excluding hydrogens is 346 g/mol. The maximum Gasteiger partial charge on any atom is 0.260 e. The van der Waals surface area contributed by atoms with Gasteiger partial charge in [-0.15, -0.1) is 0 Å². The fourth-order valence-corrected chi connectivity index (χ4v) is 4.01. The largest absolute Gasteiger partial charge is 0.497 e. The number of methoxy groups -OCH3 is 1. The Morgan fingerprint density at radius 3 is 2.77 bits per heavy atom. The van der Waals surface area contributed by atoms with Crippen molar-refractivity contribution in [2.45, 2.75) is 19.4 Å². The molecule has 5 nitrogen and oxygen atoms in total. The highest BCUT2D eigenvalue weighted by Crippen LogP contribution is 2.31. The van der Waals surface area contributed by atoms with Gasteiger partial charge < -0.3 is 4.74 Å². The van der Waals surface area contributed by atoms with Crippen molar-refractivity contribution in [1.29, 1.82) is 5.26 Å². The third-order valence-electron chi connectivity index (χ3n) is 4.20. The molecule has 2 aromatic carbocycles. The van der Waals surface area contributed by atoms with Gasteiger partial charge in [0.05, 0.1) is 24.4 Å². The van der Waals surface area contributed by atoms with Crippen LogP contribution in [-0.2, 0) is 0 Å². The third kappa shape index (κ3) is 3.73. The third-order valence-corrected chi connectivity index (χ3v) is 5.30. The first-order chi connectivity index (χ1) is 12.7. The van der Waals surface area contributed by atoms with E-state index in [1.54, 1.807) is 48.0 Å². The Hall–Kier alpha value is -2.78. The highest BCUT2D eigenvalue weighted by atomic mass is 32.2. The molecule has 1 saturated heterocycles. The number of nitrogens with zero attached hydrogens (tertiary/aromatic N) is 3. The lowest BCUT2D eigenvalue weighted by molar-refractivity contribution is 0.0819. The summed E-state index contributed by atoms with van der Waals surface area (Å²) in [5, 5.41) is 9.77. The van der Waals surface area contributed by atoms with Gasteiger partial charge in [0.15, 0.2) is 5.17 Å². The summed E-state index contributed by atoms with van der Waals surface area (Å²) < 4.78 is 5.17. The molecule has 1 aliphatic heterocycles. The second-order valence-corrected chi connectivity index (χ2v) is 6.82. The van der Waals surface area contributed by atoms with Crippen LogP contribution in [0.4, 0.5) is 5.69 Å². The number of amides is 1. The molecule has 1 atom stereocenters. The van der Waals surface area contributed by atoms with Gasteiger partial charge in [-0.3, -0.25) is 9.69 Å². The van der Waals surface area contributed by atoms with Gasteiger partial charge in [-0.05, 0) is 48.9 Å². The predicted octanol–water partition coefficient (Wildman–Crippen LogP) is 4.22. The summed E-state index contributed by atoms with van der Waals surface area (Å²) in [6, 6.07) is 16.4. The van der Waals surface area contributed by atoms with Crippen LogP contribution in [0.1, 0.15) is 29.3 Å². The molecule has 2 aromatic rings. The highest BCUT2D eigenvalue weighted by molar-refractivity contribution is 8.14. The normalized spacial score (nSPS) is 18.0.